The predicted molar refractivity (Wildman–Crippen MR) is 108 cm³/mol. The van der Waals surface area contributed by atoms with Crippen LogP contribution in [0, 0.1) is 24.1 Å². The number of rotatable bonds is 6. The van der Waals surface area contributed by atoms with Crippen molar-refractivity contribution in [1.82, 2.24) is 5.43 Å². The molecule has 0 spiro atoms. The van der Waals surface area contributed by atoms with E-state index >= 15 is 0 Å². The van der Waals surface area contributed by atoms with Crippen molar-refractivity contribution >= 4 is 12.1 Å². The minimum Gasteiger partial charge on any atom is -0.489 e. The van der Waals surface area contributed by atoms with Crippen LogP contribution in [0.4, 0.5) is 4.39 Å². The Morgan fingerprint density at radius 3 is 2.52 bits per heavy atom. The molecule has 0 fully saturated rings. The number of benzene rings is 3. The summed E-state index contributed by atoms with van der Waals surface area (Å²) in [5.74, 6) is -0.750. The molecule has 0 aromatic heterocycles. The number of halogens is 1. The van der Waals surface area contributed by atoms with Crippen LogP contribution >= 0.6 is 0 Å². The standard InChI is InChI=1S/C23H18FN3O2/c1-16-2-4-18(5-3-16)15-29-20-9-6-17(7-10-20)14-26-27-23(28)21-11-8-19(13-25)12-22(21)24/h2-12,14H,15H2,1H3,(H,27,28)/b26-14-. The van der Waals surface area contributed by atoms with E-state index in [9.17, 15) is 9.18 Å². The van der Waals surface area contributed by atoms with E-state index in [1.165, 1.54) is 23.9 Å². The summed E-state index contributed by atoms with van der Waals surface area (Å²) in [5.41, 5.74) is 5.26. The Morgan fingerprint density at radius 1 is 1.14 bits per heavy atom. The van der Waals surface area contributed by atoms with Crippen LogP contribution in [0.25, 0.3) is 0 Å². The van der Waals surface area contributed by atoms with Crippen molar-refractivity contribution in [3.05, 3.63) is 100 Å². The second-order valence-corrected chi connectivity index (χ2v) is 6.35. The molecular weight excluding hydrogens is 369 g/mol. The number of ether oxygens (including phenoxy) is 1. The van der Waals surface area contributed by atoms with E-state index in [0.717, 1.165) is 17.2 Å². The molecule has 0 heterocycles. The molecule has 0 unspecified atom stereocenters. The molecule has 0 radical (unpaired) electrons. The topological polar surface area (TPSA) is 74.5 Å². The van der Waals surface area contributed by atoms with Gasteiger partial charge >= 0.3 is 0 Å². The molecule has 3 rings (SSSR count). The summed E-state index contributed by atoms with van der Waals surface area (Å²) in [6.45, 7) is 2.51. The van der Waals surface area contributed by atoms with E-state index < -0.39 is 11.7 Å². The summed E-state index contributed by atoms with van der Waals surface area (Å²) in [5, 5.41) is 12.6. The number of nitrogens with one attached hydrogen (secondary N) is 1. The van der Waals surface area contributed by atoms with Gasteiger partial charge in [0.1, 0.15) is 18.2 Å². The Balaban J connectivity index is 1.54. The highest BCUT2D eigenvalue weighted by Crippen LogP contribution is 2.14. The molecule has 3 aromatic rings. The molecular formula is C23H18FN3O2. The number of amides is 1. The third-order valence-corrected chi connectivity index (χ3v) is 4.13. The molecule has 0 saturated heterocycles. The number of nitrogens with zero attached hydrogens (tertiary/aromatic N) is 2. The molecule has 144 valence electrons. The molecule has 29 heavy (non-hydrogen) atoms. The maximum atomic E-state index is 13.8. The minimum absolute atomic E-state index is 0.146. The van der Waals surface area contributed by atoms with Gasteiger partial charge in [-0.3, -0.25) is 4.79 Å². The highest BCUT2D eigenvalue weighted by Gasteiger charge is 2.11. The molecule has 1 N–H and O–H groups in total. The summed E-state index contributed by atoms with van der Waals surface area (Å²) in [4.78, 5) is 12.0. The molecule has 0 bridgehead atoms. The zero-order valence-electron chi connectivity index (χ0n) is 15.7. The average molecular weight is 387 g/mol. The molecule has 0 atom stereocenters. The molecule has 0 aliphatic carbocycles. The maximum Gasteiger partial charge on any atom is 0.274 e. The van der Waals surface area contributed by atoms with Crippen LogP contribution in [0.2, 0.25) is 0 Å². The largest absolute Gasteiger partial charge is 0.489 e. The van der Waals surface area contributed by atoms with E-state index in [0.29, 0.717) is 12.4 Å². The monoisotopic (exact) mass is 387 g/mol. The van der Waals surface area contributed by atoms with Crippen LogP contribution in [0.5, 0.6) is 5.75 Å². The SMILES string of the molecule is Cc1ccc(COc2ccc(/C=N\NC(=O)c3ccc(C#N)cc3F)cc2)cc1. The van der Waals surface area contributed by atoms with Crippen LogP contribution in [-0.4, -0.2) is 12.1 Å². The molecule has 1 amide bonds. The van der Waals surface area contributed by atoms with E-state index in [1.807, 2.05) is 37.3 Å². The fraction of sp³-hybridized carbons (Fsp3) is 0.0870. The lowest BCUT2D eigenvalue weighted by Gasteiger charge is -2.07. The number of carbonyl (C=O) groups excluding carboxylic acids is 1. The van der Waals surface area contributed by atoms with Gasteiger partial charge in [-0.15, -0.1) is 0 Å². The van der Waals surface area contributed by atoms with Gasteiger partial charge in [0.15, 0.2) is 0 Å². The summed E-state index contributed by atoms with van der Waals surface area (Å²) in [6.07, 6.45) is 1.45. The fourth-order valence-electron chi connectivity index (χ4n) is 2.50. The first-order valence-electron chi connectivity index (χ1n) is 8.86. The van der Waals surface area contributed by atoms with E-state index in [1.54, 1.807) is 24.3 Å². The number of carbonyl (C=O) groups is 1. The van der Waals surface area contributed by atoms with Gasteiger partial charge in [0.2, 0.25) is 0 Å². The zero-order chi connectivity index (χ0) is 20.6. The average Bonchev–Trinajstić information content (AvgIpc) is 2.74. The maximum absolute atomic E-state index is 13.8. The van der Waals surface area contributed by atoms with E-state index in [2.05, 4.69) is 10.5 Å². The second kappa shape index (κ2) is 9.29. The van der Waals surface area contributed by atoms with Gasteiger partial charge in [-0.05, 0) is 60.5 Å². The zero-order valence-corrected chi connectivity index (χ0v) is 15.7. The van der Waals surface area contributed by atoms with Crippen LogP contribution in [0.3, 0.4) is 0 Å². The van der Waals surface area contributed by atoms with Crippen molar-refractivity contribution in [1.29, 1.82) is 5.26 Å². The van der Waals surface area contributed by atoms with Crippen molar-refractivity contribution in [2.24, 2.45) is 5.10 Å². The first kappa shape index (κ1) is 19.8. The Bertz CT molecular complexity index is 1070. The van der Waals surface area contributed by atoms with Crippen molar-refractivity contribution in [3.63, 3.8) is 0 Å². The van der Waals surface area contributed by atoms with Crippen molar-refractivity contribution < 1.29 is 13.9 Å². The summed E-state index contributed by atoms with van der Waals surface area (Å²) < 4.78 is 19.6. The smallest absolute Gasteiger partial charge is 0.274 e. The third kappa shape index (κ3) is 5.50. The summed E-state index contributed by atoms with van der Waals surface area (Å²) in [7, 11) is 0. The fourth-order valence-corrected chi connectivity index (χ4v) is 2.50. The van der Waals surface area contributed by atoms with E-state index in [-0.39, 0.29) is 11.1 Å². The Morgan fingerprint density at radius 2 is 1.86 bits per heavy atom. The Hall–Kier alpha value is -3.98. The third-order valence-electron chi connectivity index (χ3n) is 4.13. The van der Waals surface area contributed by atoms with Crippen LogP contribution in [0.1, 0.15) is 32.6 Å². The number of hydrogen-bond donors (Lipinski definition) is 1. The lowest BCUT2D eigenvalue weighted by molar-refractivity contribution is 0.0951. The summed E-state index contributed by atoms with van der Waals surface area (Å²) in [6, 6.07) is 20.8. The number of hydrogen-bond acceptors (Lipinski definition) is 4. The van der Waals surface area contributed by atoms with Gasteiger partial charge in [-0.2, -0.15) is 10.4 Å². The van der Waals surface area contributed by atoms with Crippen LogP contribution < -0.4 is 10.2 Å². The van der Waals surface area contributed by atoms with Crippen molar-refractivity contribution in [2.75, 3.05) is 0 Å². The first-order chi connectivity index (χ1) is 14.0. The van der Waals surface area contributed by atoms with Gasteiger partial charge in [0.05, 0.1) is 23.4 Å². The number of aryl methyl sites for hydroxylation is 1. The second-order valence-electron chi connectivity index (χ2n) is 6.35. The van der Waals surface area contributed by atoms with Gasteiger partial charge in [-0.1, -0.05) is 29.8 Å². The molecule has 0 saturated carbocycles. The first-order valence-corrected chi connectivity index (χ1v) is 8.86. The molecule has 3 aromatic carbocycles. The van der Waals surface area contributed by atoms with Crippen molar-refractivity contribution in [2.45, 2.75) is 13.5 Å². The minimum atomic E-state index is -0.771. The normalized spacial score (nSPS) is 10.5. The molecule has 0 aliphatic rings. The van der Waals surface area contributed by atoms with Gasteiger partial charge < -0.3 is 4.74 Å². The van der Waals surface area contributed by atoms with Crippen molar-refractivity contribution in [3.8, 4) is 11.8 Å². The number of nitriles is 1. The van der Waals surface area contributed by atoms with Gasteiger partial charge in [-0.25, -0.2) is 9.82 Å². The predicted octanol–water partition coefficient (Wildman–Crippen LogP) is 4.35. The Kier molecular flexibility index (Phi) is 6.33. The highest BCUT2D eigenvalue weighted by atomic mass is 19.1. The van der Waals surface area contributed by atoms with Crippen LogP contribution in [-0.2, 0) is 6.61 Å². The number of hydrazone groups is 1. The lowest BCUT2D eigenvalue weighted by Crippen LogP contribution is -2.19. The lowest BCUT2D eigenvalue weighted by atomic mass is 10.1. The molecule has 6 heteroatoms. The quantitative estimate of drug-likeness (QED) is 0.505. The Labute approximate surface area is 168 Å². The molecule has 0 aliphatic heterocycles. The van der Waals surface area contributed by atoms with Crippen LogP contribution in [0.15, 0.2) is 71.8 Å². The highest BCUT2D eigenvalue weighted by molar-refractivity contribution is 5.95. The van der Waals surface area contributed by atoms with Gasteiger partial charge in [0.25, 0.3) is 5.91 Å². The van der Waals surface area contributed by atoms with E-state index in [4.69, 9.17) is 10.00 Å². The molecule has 5 nitrogen and oxygen atoms in total. The summed E-state index contributed by atoms with van der Waals surface area (Å²) >= 11 is 0. The van der Waals surface area contributed by atoms with Gasteiger partial charge in [0, 0.05) is 0 Å².